The molecular weight excluding hydrogens is 657 g/mol. The standard InChI is InChI=1S/C32H39Cl2N3O8S/c1-7-15-35-32(39)26(8-2)36(19-21-9-10-22(33)16-25(21)34)31(38)20-37(27-17-23(42-3)11-13-28(27)43-4)46(40,41)24-12-14-29(44-5)30(18-24)45-6/h9-14,16-18,26H,7-8,15,19-20H2,1-6H3,(H,35,39)/t26-/m1/s1. The number of rotatable bonds is 16. The van der Waals surface area contributed by atoms with E-state index in [1.54, 1.807) is 25.1 Å². The molecule has 1 atom stereocenters. The van der Waals surface area contributed by atoms with E-state index in [0.29, 0.717) is 40.1 Å². The summed E-state index contributed by atoms with van der Waals surface area (Å²) in [5.41, 5.74) is 0.562. The Kier molecular flexibility index (Phi) is 13.2. The highest BCUT2D eigenvalue weighted by atomic mass is 35.5. The number of ether oxygens (including phenoxy) is 4. The minimum absolute atomic E-state index is 0.0398. The first-order valence-electron chi connectivity index (χ1n) is 14.4. The second kappa shape index (κ2) is 16.6. The number of sulfonamides is 1. The molecular formula is C32H39Cl2N3O8S. The lowest BCUT2D eigenvalue weighted by Crippen LogP contribution is -2.52. The summed E-state index contributed by atoms with van der Waals surface area (Å²) in [6, 6.07) is 12.6. The molecule has 0 spiro atoms. The Balaban J connectivity index is 2.21. The van der Waals surface area contributed by atoms with Gasteiger partial charge in [0.05, 0.1) is 39.0 Å². The third-order valence-electron chi connectivity index (χ3n) is 7.17. The molecule has 2 amide bonds. The average Bonchev–Trinajstić information content (AvgIpc) is 3.06. The van der Waals surface area contributed by atoms with Crippen molar-refractivity contribution in [1.82, 2.24) is 10.2 Å². The predicted molar refractivity (Wildman–Crippen MR) is 178 cm³/mol. The molecule has 0 aliphatic rings. The molecule has 14 heteroatoms. The molecule has 250 valence electrons. The van der Waals surface area contributed by atoms with Crippen LogP contribution in [0.4, 0.5) is 5.69 Å². The number of nitrogens with one attached hydrogen (secondary N) is 1. The quantitative estimate of drug-likeness (QED) is 0.207. The van der Waals surface area contributed by atoms with Gasteiger partial charge in [-0.05, 0) is 54.8 Å². The Labute approximate surface area is 280 Å². The van der Waals surface area contributed by atoms with Crippen LogP contribution in [-0.4, -0.2) is 72.7 Å². The number of hydrogen-bond acceptors (Lipinski definition) is 8. The van der Waals surface area contributed by atoms with Crippen LogP contribution in [0.15, 0.2) is 59.5 Å². The molecule has 3 rings (SSSR count). The number of anilines is 1. The first-order valence-corrected chi connectivity index (χ1v) is 16.6. The fraction of sp³-hybridized carbons (Fsp3) is 0.375. The van der Waals surface area contributed by atoms with E-state index in [9.17, 15) is 18.0 Å². The van der Waals surface area contributed by atoms with Gasteiger partial charge in [-0.15, -0.1) is 0 Å². The summed E-state index contributed by atoms with van der Waals surface area (Å²) in [5, 5.41) is 3.53. The molecule has 0 aromatic heterocycles. The number of nitrogens with zero attached hydrogens (tertiary/aromatic N) is 2. The van der Waals surface area contributed by atoms with E-state index < -0.39 is 28.5 Å². The Hall–Kier alpha value is -3.87. The summed E-state index contributed by atoms with van der Waals surface area (Å²) >= 11 is 12.6. The van der Waals surface area contributed by atoms with Crippen molar-refractivity contribution in [2.24, 2.45) is 0 Å². The van der Waals surface area contributed by atoms with Crippen molar-refractivity contribution in [2.45, 2.75) is 44.2 Å². The summed E-state index contributed by atoms with van der Waals surface area (Å²) in [7, 11) is 1.15. The Morgan fingerprint density at radius 1 is 0.848 bits per heavy atom. The largest absolute Gasteiger partial charge is 0.497 e. The van der Waals surface area contributed by atoms with Crippen LogP contribution >= 0.6 is 23.2 Å². The summed E-state index contributed by atoms with van der Waals surface area (Å²) in [6.45, 7) is 3.29. The maximum Gasteiger partial charge on any atom is 0.265 e. The van der Waals surface area contributed by atoms with Crippen LogP contribution in [0.5, 0.6) is 23.0 Å². The zero-order valence-electron chi connectivity index (χ0n) is 26.6. The van der Waals surface area contributed by atoms with Crippen molar-refractivity contribution in [3.05, 3.63) is 70.2 Å². The van der Waals surface area contributed by atoms with Gasteiger partial charge in [0.15, 0.2) is 11.5 Å². The Morgan fingerprint density at radius 2 is 1.52 bits per heavy atom. The molecule has 0 bridgehead atoms. The average molecular weight is 697 g/mol. The third kappa shape index (κ3) is 8.48. The Bertz CT molecular complexity index is 1640. The topological polar surface area (TPSA) is 124 Å². The molecule has 11 nitrogen and oxygen atoms in total. The first kappa shape index (κ1) is 36.6. The molecule has 3 aromatic rings. The highest BCUT2D eigenvalue weighted by Gasteiger charge is 2.35. The summed E-state index contributed by atoms with van der Waals surface area (Å²) < 4.78 is 51.3. The molecule has 0 radical (unpaired) electrons. The van der Waals surface area contributed by atoms with Crippen molar-refractivity contribution in [3.63, 3.8) is 0 Å². The van der Waals surface area contributed by atoms with Gasteiger partial charge in [-0.1, -0.05) is 43.1 Å². The SMILES string of the molecule is CCCNC(=O)[C@@H](CC)N(Cc1ccc(Cl)cc1Cl)C(=O)CN(c1cc(OC)ccc1OC)S(=O)(=O)c1ccc(OC)c(OC)c1. The molecule has 0 aliphatic heterocycles. The van der Waals surface area contributed by atoms with Crippen LogP contribution in [0.25, 0.3) is 0 Å². The zero-order valence-corrected chi connectivity index (χ0v) is 29.0. The third-order valence-corrected chi connectivity index (χ3v) is 9.51. The molecule has 0 unspecified atom stereocenters. The zero-order chi connectivity index (χ0) is 34.0. The van der Waals surface area contributed by atoms with Crippen molar-refractivity contribution in [2.75, 3.05) is 45.8 Å². The fourth-order valence-corrected chi connectivity index (χ4v) is 6.63. The predicted octanol–water partition coefficient (Wildman–Crippen LogP) is 5.56. The van der Waals surface area contributed by atoms with Gasteiger partial charge in [-0.25, -0.2) is 8.42 Å². The van der Waals surface area contributed by atoms with E-state index in [0.717, 1.165) is 4.31 Å². The number of carbonyl (C=O) groups excluding carboxylic acids is 2. The first-order chi connectivity index (χ1) is 21.9. The lowest BCUT2D eigenvalue weighted by atomic mass is 10.1. The lowest BCUT2D eigenvalue weighted by Gasteiger charge is -2.33. The maximum atomic E-state index is 14.4. The van der Waals surface area contributed by atoms with Gasteiger partial charge in [0, 0.05) is 35.3 Å². The number of benzene rings is 3. The number of hydrogen-bond donors (Lipinski definition) is 1. The molecule has 0 aliphatic carbocycles. The van der Waals surface area contributed by atoms with E-state index in [2.05, 4.69) is 5.32 Å². The van der Waals surface area contributed by atoms with E-state index in [-0.39, 0.29) is 41.0 Å². The van der Waals surface area contributed by atoms with Gasteiger partial charge in [-0.3, -0.25) is 13.9 Å². The number of methoxy groups -OCH3 is 4. The van der Waals surface area contributed by atoms with Gasteiger partial charge in [0.25, 0.3) is 10.0 Å². The smallest absolute Gasteiger partial charge is 0.265 e. The molecule has 46 heavy (non-hydrogen) atoms. The molecule has 1 N–H and O–H groups in total. The second-order valence-electron chi connectivity index (χ2n) is 10.0. The van der Waals surface area contributed by atoms with Crippen molar-refractivity contribution >= 4 is 50.7 Å². The van der Waals surface area contributed by atoms with Gasteiger partial charge >= 0.3 is 0 Å². The van der Waals surface area contributed by atoms with Crippen LogP contribution in [0.2, 0.25) is 10.0 Å². The minimum atomic E-state index is -4.48. The molecule has 3 aromatic carbocycles. The van der Waals surface area contributed by atoms with Crippen LogP contribution < -0.4 is 28.6 Å². The van der Waals surface area contributed by atoms with Crippen LogP contribution in [0.3, 0.4) is 0 Å². The highest BCUT2D eigenvalue weighted by molar-refractivity contribution is 7.92. The second-order valence-corrected chi connectivity index (χ2v) is 12.7. The van der Waals surface area contributed by atoms with Crippen molar-refractivity contribution in [1.29, 1.82) is 0 Å². The number of carbonyl (C=O) groups is 2. The van der Waals surface area contributed by atoms with Gasteiger partial charge in [0.2, 0.25) is 11.8 Å². The summed E-state index contributed by atoms with van der Waals surface area (Å²) in [6.07, 6.45) is 0.934. The Morgan fingerprint density at radius 3 is 2.11 bits per heavy atom. The molecule has 0 heterocycles. The van der Waals surface area contributed by atoms with E-state index >= 15 is 0 Å². The fourth-order valence-electron chi connectivity index (χ4n) is 4.73. The van der Waals surface area contributed by atoms with E-state index in [4.69, 9.17) is 42.1 Å². The molecule has 0 saturated heterocycles. The minimum Gasteiger partial charge on any atom is -0.497 e. The van der Waals surface area contributed by atoms with Gasteiger partial charge < -0.3 is 29.2 Å². The maximum absolute atomic E-state index is 14.4. The van der Waals surface area contributed by atoms with E-state index in [1.165, 1.54) is 69.7 Å². The normalized spacial score (nSPS) is 11.7. The molecule has 0 saturated carbocycles. The van der Waals surface area contributed by atoms with Crippen LogP contribution in [-0.2, 0) is 26.2 Å². The highest BCUT2D eigenvalue weighted by Crippen LogP contribution is 2.38. The summed E-state index contributed by atoms with van der Waals surface area (Å²) in [5.74, 6) is -0.0684. The summed E-state index contributed by atoms with van der Waals surface area (Å²) in [4.78, 5) is 28.9. The van der Waals surface area contributed by atoms with Gasteiger partial charge in [-0.2, -0.15) is 0 Å². The van der Waals surface area contributed by atoms with Crippen LogP contribution in [0.1, 0.15) is 32.3 Å². The number of halogens is 2. The molecule has 0 fully saturated rings. The van der Waals surface area contributed by atoms with Crippen LogP contribution in [0, 0.1) is 0 Å². The van der Waals surface area contributed by atoms with Crippen molar-refractivity contribution in [3.8, 4) is 23.0 Å². The van der Waals surface area contributed by atoms with Gasteiger partial charge in [0.1, 0.15) is 24.1 Å². The van der Waals surface area contributed by atoms with Crippen molar-refractivity contribution < 1.29 is 37.0 Å². The lowest BCUT2D eigenvalue weighted by molar-refractivity contribution is -0.140. The monoisotopic (exact) mass is 695 g/mol. The van der Waals surface area contributed by atoms with E-state index in [1.807, 2.05) is 6.92 Å². The number of amides is 2.